The Hall–Kier alpha value is -2.15. The molecule has 0 fully saturated rings. The van der Waals surface area contributed by atoms with E-state index in [0.717, 1.165) is 11.1 Å². The third kappa shape index (κ3) is 2.44. The normalized spacial score (nSPS) is 17.8. The van der Waals surface area contributed by atoms with Gasteiger partial charge in [-0.2, -0.15) is 5.10 Å². The largest absolute Gasteiger partial charge is 0.504 e. The number of anilines is 1. The summed E-state index contributed by atoms with van der Waals surface area (Å²) in [6, 6.07) is 5.23. The Bertz CT molecular complexity index is 699. The zero-order valence-electron chi connectivity index (χ0n) is 11.7. The Morgan fingerprint density at radius 3 is 3.10 bits per heavy atom. The fourth-order valence-corrected chi connectivity index (χ4v) is 3.43. The number of carbonyl (C=O) groups excluding carboxylic acids is 1. The third-order valence-electron chi connectivity index (χ3n) is 3.39. The highest BCUT2D eigenvalue weighted by Crippen LogP contribution is 2.43. The minimum atomic E-state index is -0.0434. The van der Waals surface area contributed by atoms with Crippen molar-refractivity contribution in [2.45, 2.75) is 5.25 Å². The summed E-state index contributed by atoms with van der Waals surface area (Å²) < 4.78 is 6.82. The molecule has 21 heavy (non-hydrogen) atoms. The number of ether oxygens (including phenoxy) is 1. The number of aryl methyl sites for hydroxylation is 1. The molecule has 3 rings (SSSR count). The number of phenolic OH excluding ortho intramolecular Hbond substituents is 1. The van der Waals surface area contributed by atoms with Crippen LogP contribution < -0.4 is 10.1 Å². The first-order valence-electron chi connectivity index (χ1n) is 6.40. The molecule has 1 unspecified atom stereocenters. The van der Waals surface area contributed by atoms with E-state index in [1.807, 2.05) is 6.07 Å². The van der Waals surface area contributed by atoms with Crippen LogP contribution in [0.3, 0.4) is 0 Å². The maximum Gasteiger partial charge on any atom is 0.235 e. The van der Waals surface area contributed by atoms with Crippen LogP contribution in [0.1, 0.15) is 16.4 Å². The number of hydrogen-bond donors (Lipinski definition) is 2. The van der Waals surface area contributed by atoms with E-state index in [1.54, 1.807) is 30.1 Å². The van der Waals surface area contributed by atoms with Crippen molar-refractivity contribution in [1.82, 2.24) is 9.78 Å². The first kappa shape index (κ1) is 13.8. The van der Waals surface area contributed by atoms with Crippen molar-refractivity contribution in [3.05, 3.63) is 35.5 Å². The second kappa shape index (κ2) is 5.33. The number of benzene rings is 1. The van der Waals surface area contributed by atoms with Crippen molar-refractivity contribution in [2.24, 2.45) is 7.05 Å². The van der Waals surface area contributed by atoms with Crippen LogP contribution >= 0.6 is 11.8 Å². The number of aromatic hydroxyl groups is 1. The van der Waals surface area contributed by atoms with Gasteiger partial charge < -0.3 is 15.2 Å². The molecule has 2 heterocycles. The predicted molar refractivity (Wildman–Crippen MR) is 80.8 cm³/mol. The zero-order chi connectivity index (χ0) is 15.0. The van der Waals surface area contributed by atoms with Crippen molar-refractivity contribution in [3.8, 4) is 11.5 Å². The van der Waals surface area contributed by atoms with Gasteiger partial charge in [0.15, 0.2) is 11.5 Å². The van der Waals surface area contributed by atoms with Crippen LogP contribution in [-0.4, -0.2) is 33.7 Å². The quantitative estimate of drug-likeness (QED) is 0.886. The van der Waals surface area contributed by atoms with Crippen LogP contribution in [0.4, 0.5) is 5.82 Å². The molecule has 1 aromatic heterocycles. The SMILES string of the molecule is COc1cc(C2SCC(=O)Nc3c2cnn3C)ccc1O. The molecule has 6 nitrogen and oxygen atoms in total. The summed E-state index contributed by atoms with van der Waals surface area (Å²) in [5.74, 6) is 1.55. The van der Waals surface area contributed by atoms with Crippen molar-refractivity contribution in [2.75, 3.05) is 18.2 Å². The van der Waals surface area contributed by atoms with Gasteiger partial charge in [0.1, 0.15) is 5.82 Å². The van der Waals surface area contributed by atoms with E-state index in [9.17, 15) is 9.90 Å². The predicted octanol–water partition coefficient (Wildman–Crippen LogP) is 1.91. The van der Waals surface area contributed by atoms with Crippen molar-refractivity contribution >= 4 is 23.5 Å². The zero-order valence-corrected chi connectivity index (χ0v) is 12.5. The maximum absolute atomic E-state index is 11.8. The first-order valence-corrected chi connectivity index (χ1v) is 7.45. The van der Waals surface area contributed by atoms with Gasteiger partial charge >= 0.3 is 0 Å². The average Bonchev–Trinajstić information content (AvgIpc) is 2.73. The number of thioether (sulfide) groups is 1. The van der Waals surface area contributed by atoms with Gasteiger partial charge in [0.25, 0.3) is 0 Å². The van der Waals surface area contributed by atoms with Crippen molar-refractivity contribution in [1.29, 1.82) is 0 Å². The number of nitrogens with zero attached hydrogens (tertiary/aromatic N) is 2. The van der Waals surface area contributed by atoms with Crippen molar-refractivity contribution < 1.29 is 14.6 Å². The molecule has 0 aliphatic carbocycles. The molecule has 0 radical (unpaired) electrons. The number of methoxy groups -OCH3 is 1. The number of hydrogen-bond acceptors (Lipinski definition) is 5. The molecule has 110 valence electrons. The molecule has 0 saturated carbocycles. The smallest absolute Gasteiger partial charge is 0.235 e. The van der Waals surface area contributed by atoms with E-state index < -0.39 is 0 Å². The monoisotopic (exact) mass is 305 g/mol. The lowest BCUT2D eigenvalue weighted by Gasteiger charge is -2.15. The highest BCUT2D eigenvalue weighted by atomic mass is 32.2. The molecular formula is C14H15N3O3S. The number of nitrogens with one attached hydrogen (secondary N) is 1. The molecule has 0 saturated heterocycles. The van der Waals surface area contributed by atoms with Crippen LogP contribution in [0.25, 0.3) is 0 Å². The number of aromatic nitrogens is 2. The van der Waals surface area contributed by atoms with Gasteiger partial charge in [0.2, 0.25) is 5.91 Å². The fourth-order valence-electron chi connectivity index (χ4n) is 2.35. The lowest BCUT2D eigenvalue weighted by Crippen LogP contribution is -2.15. The Morgan fingerprint density at radius 2 is 2.33 bits per heavy atom. The number of rotatable bonds is 2. The second-order valence-corrected chi connectivity index (χ2v) is 5.84. The lowest BCUT2D eigenvalue weighted by molar-refractivity contribution is -0.113. The van der Waals surface area contributed by atoms with Crippen LogP contribution in [0, 0.1) is 0 Å². The summed E-state index contributed by atoms with van der Waals surface area (Å²) in [6.07, 6.45) is 1.76. The van der Waals surface area contributed by atoms with Crippen LogP contribution in [-0.2, 0) is 11.8 Å². The van der Waals surface area contributed by atoms with Crippen LogP contribution in [0.15, 0.2) is 24.4 Å². The molecule has 1 aromatic carbocycles. The Balaban J connectivity index is 2.07. The van der Waals surface area contributed by atoms with E-state index in [-0.39, 0.29) is 16.9 Å². The number of fused-ring (bicyclic) bond motifs is 1. The fraction of sp³-hybridized carbons (Fsp3) is 0.286. The van der Waals surface area contributed by atoms with Gasteiger partial charge in [0, 0.05) is 12.6 Å². The maximum atomic E-state index is 11.8. The summed E-state index contributed by atoms with van der Waals surface area (Å²) in [5.41, 5.74) is 1.90. The molecule has 1 aliphatic heterocycles. The van der Waals surface area contributed by atoms with Gasteiger partial charge in [-0.3, -0.25) is 9.48 Å². The molecule has 1 aliphatic rings. The Morgan fingerprint density at radius 1 is 1.52 bits per heavy atom. The molecule has 1 amide bonds. The van der Waals surface area contributed by atoms with Crippen LogP contribution in [0.5, 0.6) is 11.5 Å². The Kier molecular flexibility index (Phi) is 3.50. The topological polar surface area (TPSA) is 76.4 Å². The highest BCUT2D eigenvalue weighted by Gasteiger charge is 2.27. The van der Waals surface area contributed by atoms with E-state index in [2.05, 4.69) is 10.4 Å². The van der Waals surface area contributed by atoms with E-state index >= 15 is 0 Å². The molecule has 0 spiro atoms. The molecule has 0 bridgehead atoms. The minimum Gasteiger partial charge on any atom is -0.504 e. The summed E-state index contributed by atoms with van der Waals surface area (Å²) in [4.78, 5) is 11.8. The van der Waals surface area contributed by atoms with Gasteiger partial charge in [-0.25, -0.2) is 0 Å². The number of carbonyl (C=O) groups is 1. The number of amides is 1. The third-order valence-corrected chi connectivity index (χ3v) is 4.68. The average molecular weight is 305 g/mol. The molecule has 2 N–H and O–H groups in total. The first-order chi connectivity index (χ1) is 10.1. The van der Waals surface area contributed by atoms with Crippen molar-refractivity contribution in [3.63, 3.8) is 0 Å². The van der Waals surface area contributed by atoms with Gasteiger partial charge in [0.05, 0.1) is 24.3 Å². The van der Waals surface area contributed by atoms with Gasteiger partial charge in [-0.1, -0.05) is 6.07 Å². The molecule has 1 atom stereocenters. The summed E-state index contributed by atoms with van der Waals surface area (Å²) in [5, 5.41) is 16.8. The standard InChI is InChI=1S/C14H15N3O3S/c1-17-14-9(6-15-17)13(21-7-12(19)16-14)8-3-4-10(18)11(5-8)20-2/h3-6,13,18H,7H2,1-2H3,(H,16,19). The van der Waals surface area contributed by atoms with E-state index in [0.29, 0.717) is 17.3 Å². The summed E-state index contributed by atoms with van der Waals surface area (Å²) in [7, 11) is 3.31. The van der Waals surface area contributed by atoms with Crippen LogP contribution in [0.2, 0.25) is 0 Å². The van der Waals surface area contributed by atoms with E-state index in [1.165, 1.54) is 18.9 Å². The highest BCUT2D eigenvalue weighted by molar-refractivity contribution is 8.00. The lowest BCUT2D eigenvalue weighted by atomic mass is 10.1. The number of phenols is 1. The molecular weight excluding hydrogens is 290 g/mol. The van der Waals surface area contributed by atoms with Gasteiger partial charge in [-0.05, 0) is 17.7 Å². The molecule has 7 heteroatoms. The second-order valence-electron chi connectivity index (χ2n) is 4.74. The van der Waals surface area contributed by atoms with E-state index in [4.69, 9.17) is 4.74 Å². The summed E-state index contributed by atoms with van der Waals surface area (Å²) in [6.45, 7) is 0. The summed E-state index contributed by atoms with van der Waals surface area (Å²) >= 11 is 1.52. The molecule has 2 aromatic rings. The van der Waals surface area contributed by atoms with Gasteiger partial charge in [-0.15, -0.1) is 11.8 Å². The minimum absolute atomic E-state index is 0.0397. The Labute approximate surface area is 126 Å².